The quantitative estimate of drug-likeness (QED) is 0.219. The topological polar surface area (TPSA) is 48.9 Å². The van der Waals surface area contributed by atoms with Crippen LogP contribution in [0.15, 0.2) is 29.3 Å². The molecule has 1 aliphatic rings. The zero-order valence-corrected chi connectivity index (χ0v) is 20.4. The van der Waals surface area contributed by atoms with E-state index in [4.69, 9.17) is 4.74 Å². The van der Waals surface area contributed by atoms with E-state index in [1.807, 2.05) is 7.05 Å². The summed E-state index contributed by atoms with van der Waals surface area (Å²) in [5, 5.41) is 7.03. The summed E-state index contributed by atoms with van der Waals surface area (Å²) < 4.78 is 5.61. The number of rotatable bonds is 10. The van der Waals surface area contributed by atoms with Gasteiger partial charge in [-0.25, -0.2) is 0 Å². The first kappa shape index (κ1) is 25.0. The number of hydrogen-bond acceptors (Lipinski definition) is 3. The van der Waals surface area contributed by atoms with Gasteiger partial charge in [-0.1, -0.05) is 25.0 Å². The Kier molecular flexibility index (Phi) is 11.8. The van der Waals surface area contributed by atoms with Crippen LogP contribution in [0.2, 0.25) is 0 Å². The van der Waals surface area contributed by atoms with Crippen LogP contribution in [0.4, 0.5) is 5.69 Å². The molecule has 0 unspecified atom stereocenters. The van der Waals surface area contributed by atoms with Crippen molar-refractivity contribution in [3.8, 4) is 0 Å². The number of nitrogens with zero attached hydrogens (tertiary/aromatic N) is 2. The summed E-state index contributed by atoms with van der Waals surface area (Å²) >= 11 is 0. The second-order valence-electron chi connectivity index (χ2n) is 7.82. The maximum atomic E-state index is 5.61. The lowest BCUT2D eigenvalue weighted by atomic mass is 9.83. The fourth-order valence-corrected chi connectivity index (χ4v) is 3.85. The van der Waals surface area contributed by atoms with E-state index in [-0.39, 0.29) is 24.0 Å². The third-order valence-electron chi connectivity index (χ3n) is 5.66. The molecule has 0 spiro atoms. The highest BCUT2D eigenvalue weighted by Gasteiger charge is 2.33. The molecule has 0 bridgehead atoms. The highest BCUT2D eigenvalue weighted by Crippen LogP contribution is 2.40. The predicted molar refractivity (Wildman–Crippen MR) is 131 cm³/mol. The van der Waals surface area contributed by atoms with Crippen molar-refractivity contribution in [2.45, 2.75) is 45.4 Å². The highest BCUT2D eigenvalue weighted by atomic mass is 127. The normalized spacial score (nSPS) is 15.8. The number of anilines is 1. The Bertz CT molecular complexity index is 568. The van der Waals surface area contributed by atoms with E-state index < -0.39 is 0 Å². The number of halogens is 1. The average Bonchev–Trinajstić information content (AvgIpc) is 3.14. The fourth-order valence-electron chi connectivity index (χ4n) is 3.85. The Balaban J connectivity index is 0.00000392. The molecule has 1 aliphatic carbocycles. The second-order valence-corrected chi connectivity index (χ2v) is 7.82. The van der Waals surface area contributed by atoms with Gasteiger partial charge in [0, 0.05) is 53.1 Å². The first-order valence-corrected chi connectivity index (χ1v) is 10.4. The van der Waals surface area contributed by atoms with Gasteiger partial charge in [-0.2, -0.15) is 0 Å². The first-order valence-electron chi connectivity index (χ1n) is 10.4. The zero-order chi connectivity index (χ0) is 19.5. The Morgan fingerprint density at radius 2 is 1.82 bits per heavy atom. The molecule has 0 amide bonds. The average molecular weight is 502 g/mol. The first-order chi connectivity index (χ1) is 13.1. The lowest BCUT2D eigenvalue weighted by Gasteiger charge is -2.30. The van der Waals surface area contributed by atoms with Crippen LogP contribution >= 0.6 is 24.0 Å². The monoisotopic (exact) mass is 502 g/mol. The standard InChI is InChI=1S/C22H38N4O.HI/c1-5-27-17-15-22(13-6-7-14-22)18-25-21(23-2)24-16-12-19-8-10-20(11-9-19)26(3)4;/h8-11H,5-7,12-18H2,1-4H3,(H2,23,24,25);1H. The van der Waals surface area contributed by atoms with Crippen molar-refractivity contribution in [1.82, 2.24) is 10.6 Å². The van der Waals surface area contributed by atoms with Crippen molar-refractivity contribution in [3.05, 3.63) is 29.8 Å². The van der Waals surface area contributed by atoms with Crippen molar-refractivity contribution in [1.29, 1.82) is 0 Å². The van der Waals surface area contributed by atoms with E-state index in [1.54, 1.807) is 0 Å². The molecule has 0 aromatic heterocycles. The summed E-state index contributed by atoms with van der Waals surface area (Å²) in [4.78, 5) is 6.52. The Hall–Kier alpha value is -1.02. The lowest BCUT2D eigenvalue weighted by molar-refractivity contribution is 0.105. The van der Waals surface area contributed by atoms with Crippen LogP contribution in [-0.2, 0) is 11.2 Å². The Morgan fingerprint density at radius 1 is 1.14 bits per heavy atom. The Morgan fingerprint density at radius 3 is 2.39 bits per heavy atom. The van der Waals surface area contributed by atoms with Crippen LogP contribution < -0.4 is 15.5 Å². The summed E-state index contributed by atoms with van der Waals surface area (Å²) in [6.45, 7) is 5.61. The molecular weight excluding hydrogens is 463 g/mol. The minimum Gasteiger partial charge on any atom is -0.382 e. The summed E-state index contributed by atoms with van der Waals surface area (Å²) in [6, 6.07) is 8.75. The third kappa shape index (κ3) is 8.15. The molecule has 0 radical (unpaired) electrons. The highest BCUT2D eigenvalue weighted by molar-refractivity contribution is 14.0. The molecule has 1 saturated carbocycles. The number of guanidine groups is 1. The van der Waals surface area contributed by atoms with Crippen LogP contribution in [-0.4, -0.2) is 53.4 Å². The van der Waals surface area contributed by atoms with E-state index in [0.29, 0.717) is 5.41 Å². The van der Waals surface area contributed by atoms with Crippen molar-refractivity contribution in [2.24, 2.45) is 10.4 Å². The predicted octanol–water partition coefficient (Wildman–Crippen LogP) is 4.07. The minimum absolute atomic E-state index is 0. The molecule has 2 N–H and O–H groups in total. The van der Waals surface area contributed by atoms with Crippen LogP contribution in [0, 0.1) is 5.41 Å². The van der Waals surface area contributed by atoms with Crippen molar-refractivity contribution in [2.75, 3.05) is 52.3 Å². The van der Waals surface area contributed by atoms with E-state index in [2.05, 4.69) is 65.8 Å². The van der Waals surface area contributed by atoms with Gasteiger partial charge < -0.3 is 20.3 Å². The summed E-state index contributed by atoms with van der Waals surface area (Å²) in [5.74, 6) is 0.905. The van der Waals surface area contributed by atoms with Crippen LogP contribution in [0.1, 0.15) is 44.6 Å². The van der Waals surface area contributed by atoms with Crippen LogP contribution in [0.5, 0.6) is 0 Å². The van der Waals surface area contributed by atoms with Crippen molar-refractivity contribution < 1.29 is 4.74 Å². The maximum Gasteiger partial charge on any atom is 0.191 e. The summed E-state index contributed by atoms with van der Waals surface area (Å²) in [5.41, 5.74) is 2.94. The molecule has 5 nitrogen and oxygen atoms in total. The van der Waals surface area contributed by atoms with Gasteiger partial charge in [0.05, 0.1) is 0 Å². The Labute approximate surface area is 188 Å². The lowest BCUT2D eigenvalue weighted by Crippen LogP contribution is -2.44. The number of hydrogen-bond donors (Lipinski definition) is 2. The minimum atomic E-state index is 0. The third-order valence-corrected chi connectivity index (χ3v) is 5.66. The van der Waals surface area contributed by atoms with Gasteiger partial charge in [-0.05, 0) is 55.7 Å². The van der Waals surface area contributed by atoms with Crippen LogP contribution in [0.25, 0.3) is 0 Å². The summed E-state index contributed by atoms with van der Waals surface area (Å²) in [7, 11) is 5.98. The molecule has 0 saturated heterocycles. The van der Waals surface area contributed by atoms with E-state index in [0.717, 1.165) is 45.1 Å². The molecule has 1 aromatic rings. The van der Waals surface area contributed by atoms with Gasteiger partial charge in [0.2, 0.25) is 0 Å². The van der Waals surface area contributed by atoms with Crippen molar-refractivity contribution >= 4 is 35.6 Å². The van der Waals surface area contributed by atoms with Gasteiger partial charge in [-0.3, -0.25) is 4.99 Å². The molecular formula is C22H39IN4O. The molecule has 6 heteroatoms. The maximum absolute atomic E-state index is 5.61. The number of nitrogens with one attached hydrogen (secondary N) is 2. The molecule has 1 fully saturated rings. The molecule has 1 aromatic carbocycles. The van der Waals surface area contributed by atoms with Gasteiger partial charge in [0.25, 0.3) is 0 Å². The summed E-state index contributed by atoms with van der Waals surface area (Å²) in [6.07, 6.45) is 7.39. The van der Waals surface area contributed by atoms with Crippen molar-refractivity contribution in [3.63, 3.8) is 0 Å². The molecule has 0 heterocycles. The molecule has 28 heavy (non-hydrogen) atoms. The number of aliphatic imine (C=N–C) groups is 1. The molecule has 0 aliphatic heterocycles. The molecule has 2 rings (SSSR count). The van der Waals surface area contributed by atoms with E-state index >= 15 is 0 Å². The molecule has 0 atom stereocenters. The van der Waals surface area contributed by atoms with Crippen LogP contribution in [0.3, 0.4) is 0 Å². The van der Waals surface area contributed by atoms with Gasteiger partial charge in [0.1, 0.15) is 0 Å². The van der Waals surface area contributed by atoms with E-state index in [1.165, 1.54) is 36.9 Å². The largest absolute Gasteiger partial charge is 0.382 e. The van der Waals surface area contributed by atoms with E-state index in [9.17, 15) is 0 Å². The SMILES string of the molecule is CCOCCC1(CNC(=NC)NCCc2ccc(N(C)C)cc2)CCCC1.I. The fraction of sp³-hybridized carbons (Fsp3) is 0.682. The number of benzene rings is 1. The van der Waals surface area contributed by atoms with Gasteiger partial charge >= 0.3 is 0 Å². The van der Waals surface area contributed by atoms with Gasteiger partial charge in [-0.15, -0.1) is 24.0 Å². The number of ether oxygens (including phenoxy) is 1. The molecule has 160 valence electrons. The zero-order valence-electron chi connectivity index (χ0n) is 18.1. The smallest absolute Gasteiger partial charge is 0.191 e. The van der Waals surface area contributed by atoms with Gasteiger partial charge in [0.15, 0.2) is 5.96 Å². The second kappa shape index (κ2) is 13.2.